The molecule has 1 N–H and O–H groups in total. The van der Waals surface area contributed by atoms with Gasteiger partial charge in [-0.25, -0.2) is 0 Å². The molecule has 1 heteroatoms. The maximum atomic E-state index is 9.92. The van der Waals surface area contributed by atoms with Crippen molar-refractivity contribution < 1.29 is 5.11 Å². The molecule has 2 fully saturated rings. The molecule has 4 aliphatic carbocycles. The molecular formula is C19H28O. The molecule has 0 amide bonds. The second kappa shape index (κ2) is 4.47. The van der Waals surface area contributed by atoms with E-state index in [0.717, 1.165) is 36.5 Å². The van der Waals surface area contributed by atoms with Crippen LogP contribution in [0.2, 0.25) is 0 Å². The Labute approximate surface area is 123 Å². The van der Waals surface area contributed by atoms with E-state index in [4.69, 9.17) is 0 Å². The molecule has 0 aromatic carbocycles. The van der Waals surface area contributed by atoms with Crippen molar-refractivity contribution >= 4 is 0 Å². The van der Waals surface area contributed by atoms with Gasteiger partial charge in [-0.2, -0.15) is 0 Å². The Bertz CT molecular complexity index is 474. The number of aliphatic hydroxyl groups is 1. The topological polar surface area (TPSA) is 20.2 Å². The highest BCUT2D eigenvalue weighted by Crippen LogP contribution is 2.61. The van der Waals surface area contributed by atoms with Gasteiger partial charge in [-0.05, 0) is 81.0 Å². The molecular weight excluding hydrogens is 244 g/mol. The van der Waals surface area contributed by atoms with Gasteiger partial charge in [0.05, 0.1) is 6.10 Å². The Balaban J connectivity index is 1.63. The average Bonchev–Trinajstić information content (AvgIpc) is 2.74. The molecule has 20 heavy (non-hydrogen) atoms. The third-order valence-corrected chi connectivity index (χ3v) is 7.39. The minimum absolute atomic E-state index is 0.0571. The largest absolute Gasteiger partial charge is 0.393 e. The van der Waals surface area contributed by atoms with Gasteiger partial charge in [0.15, 0.2) is 0 Å². The second-order valence-electron chi connectivity index (χ2n) is 8.07. The van der Waals surface area contributed by atoms with Crippen molar-refractivity contribution in [3.05, 3.63) is 23.3 Å². The molecule has 0 aromatic rings. The Hall–Kier alpha value is -0.560. The first-order valence-electron chi connectivity index (χ1n) is 8.64. The van der Waals surface area contributed by atoms with Crippen molar-refractivity contribution in [1.29, 1.82) is 0 Å². The van der Waals surface area contributed by atoms with Gasteiger partial charge in [0.1, 0.15) is 0 Å². The zero-order chi connectivity index (χ0) is 13.9. The summed E-state index contributed by atoms with van der Waals surface area (Å²) >= 11 is 0. The Kier molecular flexibility index (Phi) is 2.93. The van der Waals surface area contributed by atoms with E-state index < -0.39 is 0 Å². The van der Waals surface area contributed by atoms with Crippen LogP contribution in [-0.4, -0.2) is 11.2 Å². The highest BCUT2D eigenvalue weighted by molar-refractivity contribution is 5.26. The van der Waals surface area contributed by atoms with Gasteiger partial charge in [0, 0.05) is 0 Å². The number of aliphatic hydroxyl groups excluding tert-OH is 1. The first-order valence-corrected chi connectivity index (χ1v) is 8.64. The summed E-state index contributed by atoms with van der Waals surface area (Å²) in [5.41, 5.74) is 3.77. The van der Waals surface area contributed by atoms with Crippen LogP contribution in [0.3, 0.4) is 0 Å². The van der Waals surface area contributed by atoms with Gasteiger partial charge >= 0.3 is 0 Å². The lowest BCUT2D eigenvalue weighted by atomic mass is 9.52. The van der Waals surface area contributed by atoms with Gasteiger partial charge in [-0.3, -0.25) is 0 Å². The predicted molar refractivity (Wildman–Crippen MR) is 82.2 cm³/mol. The summed E-state index contributed by atoms with van der Waals surface area (Å²) in [6.45, 7) is 4.89. The lowest BCUT2D eigenvalue weighted by Crippen LogP contribution is -2.45. The molecule has 6 atom stereocenters. The lowest BCUT2D eigenvalue weighted by molar-refractivity contribution is 0.0106. The van der Waals surface area contributed by atoms with E-state index in [1.165, 1.54) is 32.1 Å². The molecule has 0 saturated heterocycles. The van der Waals surface area contributed by atoms with Crippen molar-refractivity contribution in [2.75, 3.05) is 0 Å². The summed E-state index contributed by atoms with van der Waals surface area (Å²) < 4.78 is 0. The number of rotatable bonds is 0. The standard InChI is InChI=1S/C19H28O/c1-12-3-8-18-17-6-4-13-11-14(20)5-7-15(13)16(17)9-10-19(12,18)2/h3-4,14-18,20H,5-11H2,1-2H3. The van der Waals surface area contributed by atoms with Crippen LogP contribution in [0.25, 0.3) is 0 Å². The fourth-order valence-electron chi connectivity index (χ4n) is 6.03. The van der Waals surface area contributed by atoms with E-state index >= 15 is 0 Å². The monoisotopic (exact) mass is 272 g/mol. The average molecular weight is 272 g/mol. The highest BCUT2D eigenvalue weighted by Gasteiger charge is 2.52. The van der Waals surface area contributed by atoms with Crippen LogP contribution in [0.4, 0.5) is 0 Å². The Morgan fingerprint density at radius 3 is 2.80 bits per heavy atom. The Morgan fingerprint density at radius 1 is 1.10 bits per heavy atom. The Morgan fingerprint density at radius 2 is 1.95 bits per heavy atom. The van der Waals surface area contributed by atoms with Crippen LogP contribution in [0, 0.1) is 29.1 Å². The summed E-state index contributed by atoms with van der Waals surface area (Å²) in [4.78, 5) is 0. The third kappa shape index (κ3) is 1.71. The number of fused-ring (bicyclic) bond motifs is 5. The van der Waals surface area contributed by atoms with Crippen molar-refractivity contribution in [3.8, 4) is 0 Å². The highest BCUT2D eigenvalue weighted by atomic mass is 16.3. The van der Waals surface area contributed by atoms with E-state index in [-0.39, 0.29) is 6.10 Å². The zero-order valence-electron chi connectivity index (χ0n) is 12.9. The lowest BCUT2D eigenvalue weighted by Gasteiger charge is -2.53. The van der Waals surface area contributed by atoms with Crippen LogP contribution in [-0.2, 0) is 0 Å². The SMILES string of the molecule is CC1=CCC2C3CC=C4CC(O)CCC4C3CCC12C. The normalized spacial score (nSPS) is 50.6. The second-order valence-corrected chi connectivity index (χ2v) is 8.07. The first-order chi connectivity index (χ1) is 9.59. The summed E-state index contributed by atoms with van der Waals surface area (Å²) in [5, 5.41) is 9.92. The van der Waals surface area contributed by atoms with Gasteiger partial charge in [-0.15, -0.1) is 0 Å². The molecule has 6 unspecified atom stereocenters. The van der Waals surface area contributed by atoms with Crippen LogP contribution < -0.4 is 0 Å². The van der Waals surface area contributed by atoms with E-state index in [9.17, 15) is 5.11 Å². The van der Waals surface area contributed by atoms with Gasteiger partial charge < -0.3 is 5.11 Å². The minimum atomic E-state index is -0.0571. The summed E-state index contributed by atoms with van der Waals surface area (Å²) in [5.74, 6) is 3.53. The van der Waals surface area contributed by atoms with E-state index in [0.29, 0.717) is 5.41 Å². The van der Waals surface area contributed by atoms with E-state index in [2.05, 4.69) is 26.0 Å². The molecule has 4 aliphatic rings. The number of allylic oxidation sites excluding steroid dienone is 3. The van der Waals surface area contributed by atoms with Crippen LogP contribution in [0.1, 0.15) is 58.8 Å². The maximum absolute atomic E-state index is 9.92. The molecule has 0 bridgehead atoms. The van der Waals surface area contributed by atoms with Gasteiger partial charge in [0.2, 0.25) is 0 Å². The molecule has 1 nitrogen and oxygen atoms in total. The van der Waals surface area contributed by atoms with E-state index in [1.54, 1.807) is 11.1 Å². The molecule has 0 aliphatic heterocycles. The van der Waals surface area contributed by atoms with Crippen molar-refractivity contribution in [2.45, 2.75) is 64.9 Å². The molecule has 0 heterocycles. The fourth-order valence-corrected chi connectivity index (χ4v) is 6.03. The zero-order valence-corrected chi connectivity index (χ0v) is 12.9. The van der Waals surface area contributed by atoms with Gasteiger partial charge in [0.25, 0.3) is 0 Å². The van der Waals surface area contributed by atoms with Crippen LogP contribution in [0.5, 0.6) is 0 Å². The van der Waals surface area contributed by atoms with Crippen molar-refractivity contribution in [2.24, 2.45) is 29.1 Å². The number of hydrogen-bond acceptors (Lipinski definition) is 1. The van der Waals surface area contributed by atoms with Gasteiger partial charge in [-0.1, -0.05) is 30.2 Å². The molecule has 110 valence electrons. The van der Waals surface area contributed by atoms with Crippen LogP contribution >= 0.6 is 0 Å². The summed E-state index contributed by atoms with van der Waals surface area (Å²) in [6.07, 6.45) is 13.6. The first kappa shape index (κ1) is 13.1. The molecule has 2 saturated carbocycles. The summed E-state index contributed by atoms with van der Waals surface area (Å²) in [6, 6.07) is 0. The quantitative estimate of drug-likeness (QED) is 0.645. The maximum Gasteiger partial charge on any atom is 0.0577 e. The van der Waals surface area contributed by atoms with Crippen molar-refractivity contribution in [3.63, 3.8) is 0 Å². The number of hydrogen-bond donors (Lipinski definition) is 1. The third-order valence-electron chi connectivity index (χ3n) is 7.39. The molecule has 0 spiro atoms. The molecule has 0 radical (unpaired) electrons. The molecule has 0 aromatic heterocycles. The fraction of sp³-hybridized carbons (Fsp3) is 0.789. The predicted octanol–water partition coefficient (Wildman–Crippen LogP) is 4.48. The summed E-state index contributed by atoms with van der Waals surface area (Å²) in [7, 11) is 0. The van der Waals surface area contributed by atoms with Crippen molar-refractivity contribution in [1.82, 2.24) is 0 Å². The van der Waals surface area contributed by atoms with Crippen LogP contribution in [0.15, 0.2) is 23.3 Å². The van der Waals surface area contributed by atoms with E-state index in [1.807, 2.05) is 0 Å². The smallest absolute Gasteiger partial charge is 0.0577 e. The minimum Gasteiger partial charge on any atom is -0.393 e. The molecule has 4 rings (SSSR count).